The predicted octanol–water partition coefficient (Wildman–Crippen LogP) is 2.17. The van der Waals surface area contributed by atoms with Crippen LogP contribution >= 0.6 is 0 Å². The van der Waals surface area contributed by atoms with Gasteiger partial charge in [-0.15, -0.1) is 0 Å². The number of hydrogen-bond acceptors (Lipinski definition) is 4. The Kier molecular flexibility index (Phi) is 8.02. The van der Waals surface area contributed by atoms with Crippen molar-refractivity contribution in [1.82, 2.24) is 4.90 Å². The van der Waals surface area contributed by atoms with Crippen molar-refractivity contribution in [2.45, 2.75) is 19.8 Å². The topological polar surface area (TPSA) is 41.9 Å². The van der Waals surface area contributed by atoms with Crippen molar-refractivity contribution in [3.8, 4) is 11.5 Å². The van der Waals surface area contributed by atoms with Crippen molar-refractivity contribution >= 4 is 0 Å². The van der Waals surface area contributed by atoms with Gasteiger partial charge >= 0.3 is 0 Å². The first-order valence-corrected chi connectivity index (χ1v) is 6.90. The molecule has 0 saturated heterocycles. The highest BCUT2D eigenvalue weighted by Gasteiger charge is 2.02. The van der Waals surface area contributed by atoms with Gasteiger partial charge in [0.25, 0.3) is 0 Å². The fourth-order valence-corrected chi connectivity index (χ4v) is 1.84. The molecular formula is C15H25NO3. The second kappa shape index (κ2) is 9.64. The van der Waals surface area contributed by atoms with Gasteiger partial charge in [0.15, 0.2) is 0 Å². The van der Waals surface area contributed by atoms with E-state index in [2.05, 4.69) is 11.8 Å². The first kappa shape index (κ1) is 15.8. The van der Waals surface area contributed by atoms with Gasteiger partial charge in [0.2, 0.25) is 0 Å². The number of rotatable bonds is 10. The summed E-state index contributed by atoms with van der Waals surface area (Å²) < 4.78 is 10.8. The molecule has 0 amide bonds. The Morgan fingerprint density at radius 1 is 1.05 bits per heavy atom. The molecule has 0 spiro atoms. The number of nitrogens with zero attached hydrogens (tertiary/aromatic N) is 1. The molecule has 0 bridgehead atoms. The molecule has 108 valence electrons. The first-order valence-electron chi connectivity index (χ1n) is 6.90. The highest BCUT2D eigenvalue weighted by molar-refractivity contribution is 5.31. The molecule has 19 heavy (non-hydrogen) atoms. The minimum absolute atomic E-state index is 0.278. The molecule has 0 saturated carbocycles. The van der Waals surface area contributed by atoms with E-state index in [0.29, 0.717) is 6.61 Å². The van der Waals surface area contributed by atoms with Crippen LogP contribution in [0.1, 0.15) is 19.8 Å². The van der Waals surface area contributed by atoms with Crippen LogP contribution in [-0.2, 0) is 0 Å². The third kappa shape index (κ3) is 6.45. The van der Waals surface area contributed by atoms with E-state index in [9.17, 15) is 0 Å². The number of hydrogen-bond donors (Lipinski definition) is 1. The van der Waals surface area contributed by atoms with Crippen LogP contribution in [0.3, 0.4) is 0 Å². The molecule has 0 fully saturated rings. The van der Waals surface area contributed by atoms with Crippen LogP contribution < -0.4 is 9.47 Å². The number of aliphatic hydroxyl groups excluding tert-OH is 1. The van der Waals surface area contributed by atoms with Gasteiger partial charge in [0.1, 0.15) is 18.1 Å². The minimum Gasteiger partial charge on any atom is -0.497 e. The van der Waals surface area contributed by atoms with Crippen molar-refractivity contribution < 1.29 is 14.6 Å². The zero-order valence-electron chi connectivity index (χ0n) is 12.0. The van der Waals surface area contributed by atoms with Gasteiger partial charge in [-0.1, -0.05) is 6.92 Å². The molecule has 0 unspecified atom stereocenters. The Hall–Kier alpha value is -1.26. The van der Waals surface area contributed by atoms with Crippen LogP contribution in [0.5, 0.6) is 11.5 Å². The summed E-state index contributed by atoms with van der Waals surface area (Å²) in [5, 5.41) is 8.77. The second-order valence-electron chi connectivity index (χ2n) is 4.39. The van der Waals surface area contributed by atoms with E-state index in [-0.39, 0.29) is 6.61 Å². The van der Waals surface area contributed by atoms with Gasteiger partial charge in [-0.3, -0.25) is 0 Å². The average molecular weight is 267 g/mol. The van der Waals surface area contributed by atoms with Crippen molar-refractivity contribution in [1.29, 1.82) is 0 Å². The summed E-state index contributed by atoms with van der Waals surface area (Å²) in [6, 6.07) is 7.63. The van der Waals surface area contributed by atoms with Crippen molar-refractivity contribution in [3.63, 3.8) is 0 Å². The summed E-state index contributed by atoms with van der Waals surface area (Å²) in [4.78, 5) is 2.33. The molecular weight excluding hydrogens is 242 g/mol. The van der Waals surface area contributed by atoms with E-state index < -0.39 is 0 Å². The number of unbranched alkanes of at least 4 members (excludes halogenated alkanes) is 1. The third-order valence-electron chi connectivity index (χ3n) is 3.07. The Morgan fingerprint density at radius 3 is 2.32 bits per heavy atom. The standard InChI is InChI=1S/C15H25NO3/c1-3-16(10-4-5-12-17)11-13-19-15-8-6-14(18-2)7-9-15/h6-9,17H,3-5,10-13H2,1-2H3. The highest BCUT2D eigenvalue weighted by Crippen LogP contribution is 2.16. The molecule has 0 atom stereocenters. The summed E-state index contributed by atoms with van der Waals surface area (Å²) in [7, 11) is 1.65. The molecule has 0 aromatic heterocycles. The lowest BCUT2D eigenvalue weighted by atomic mass is 10.3. The van der Waals surface area contributed by atoms with Crippen LogP contribution in [-0.4, -0.2) is 50.0 Å². The zero-order valence-corrected chi connectivity index (χ0v) is 12.0. The predicted molar refractivity (Wildman–Crippen MR) is 76.9 cm³/mol. The average Bonchev–Trinajstić information content (AvgIpc) is 2.46. The van der Waals surface area contributed by atoms with Gasteiger partial charge in [-0.2, -0.15) is 0 Å². The van der Waals surface area contributed by atoms with E-state index >= 15 is 0 Å². The largest absolute Gasteiger partial charge is 0.497 e. The summed E-state index contributed by atoms with van der Waals surface area (Å²) in [6.07, 6.45) is 1.91. The van der Waals surface area contributed by atoms with Crippen LogP contribution in [0.2, 0.25) is 0 Å². The van der Waals surface area contributed by atoms with E-state index in [1.54, 1.807) is 7.11 Å². The molecule has 4 nitrogen and oxygen atoms in total. The van der Waals surface area contributed by atoms with Gasteiger partial charge in [0, 0.05) is 13.2 Å². The van der Waals surface area contributed by atoms with E-state index in [0.717, 1.165) is 44.0 Å². The summed E-state index contributed by atoms with van der Waals surface area (Å²) in [5.41, 5.74) is 0. The molecule has 1 aromatic rings. The summed E-state index contributed by atoms with van der Waals surface area (Å²) >= 11 is 0. The van der Waals surface area contributed by atoms with E-state index in [1.165, 1.54) is 0 Å². The van der Waals surface area contributed by atoms with Crippen molar-refractivity contribution in [2.24, 2.45) is 0 Å². The molecule has 4 heteroatoms. The maximum atomic E-state index is 8.77. The van der Waals surface area contributed by atoms with Gasteiger partial charge in [-0.25, -0.2) is 0 Å². The molecule has 0 aliphatic rings. The van der Waals surface area contributed by atoms with Crippen LogP contribution in [0.25, 0.3) is 0 Å². The molecule has 0 radical (unpaired) electrons. The fourth-order valence-electron chi connectivity index (χ4n) is 1.84. The van der Waals surface area contributed by atoms with Gasteiger partial charge in [-0.05, 0) is 50.2 Å². The van der Waals surface area contributed by atoms with Crippen molar-refractivity contribution in [2.75, 3.05) is 40.0 Å². The lowest BCUT2D eigenvalue weighted by Gasteiger charge is -2.20. The molecule has 0 aliphatic heterocycles. The number of methoxy groups -OCH3 is 1. The van der Waals surface area contributed by atoms with E-state index in [1.807, 2.05) is 24.3 Å². The maximum Gasteiger partial charge on any atom is 0.119 e. The lowest BCUT2D eigenvalue weighted by molar-refractivity contribution is 0.205. The van der Waals surface area contributed by atoms with E-state index in [4.69, 9.17) is 14.6 Å². The van der Waals surface area contributed by atoms with Crippen LogP contribution in [0.15, 0.2) is 24.3 Å². The number of aliphatic hydroxyl groups is 1. The number of ether oxygens (including phenoxy) is 2. The summed E-state index contributed by atoms with van der Waals surface area (Å²) in [6.45, 7) is 6.04. The Morgan fingerprint density at radius 2 is 1.74 bits per heavy atom. The van der Waals surface area contributed by atoms with Crippen LogP contribution in [0.4, 0.5) is 0 Å². The second-order valence-corrected chi connectivity index (χ2v) is 4.39. The Balaban J connectivity index is 2.23. The summed E-state index contributed by atoms with van der Waals surface area (Å²) in [5.74, 6) is 1.71. The third-order valence-corrected chi connectivity index (χ3v) is 3.07. The SMILES string of the molecule is CCN(CCCCO)CCOc1ccc(OC)cc1. The molecule has 0 aliphatic carbocycles. The lowest BCUT2D eigenvalue weighted by Crippen LogP contribution is -2.29. The fraction of sp³-hybridized carbons (Fsp3) is 0.600. The Labute approximate surface area is 115 Å². The molecule has 0 heterocycles. The minimum atomic E-state index is 0.278. The molecule has 1 aromatic carbocycles. The quantitative estimate of drug-likeness (QED) is 0.660. The zero-order chi connectivity index (χ0) is 13.9. The van der Waals surface area contributed by atoms with Crippen LogP contribution in [0, 0.1) is 0 Å². The molecule has 1 rings (SSSR count). The van der Waals surface area contributed by atoms with Gasteiger partial charge < -0.3 is 19.5 Å². The monoisotopic (exact) mass is 267 g/mol. The normalized spacial score (nSPS) is 10.7. The number of benzene rings is 1. The van der Waals surface area contributed by atoms with Gasteiger partial charge in [0.05, 0.1) is 7.11 Å². The molecule has 1 N–H and O–H groups in total. The smallest absolute Gasteiger partial charge is 0.119 e. The maximum absolute atomic E-state index is 8.77. The van der Waals surface area contributed by atoms with Crippen molar-refractivity contribution in [3.05, 3.63) is 24.3 Å². The Bertz CT molecular complexity index is 327. The first-order chi connectivity index (χ1) is 9.30. The number of likely N-dealkylation sites (N-methyl/N-ethyl adjacent to an activating group) is 1. The highest BCUT2D eigenvalue weighted by atomic mass is 16.5.